The Bertz CT molecular complexity index is 531. The Morgan fingerprint density at radius 3 is 2.74 bits per heavy atom. The maximum atomic E-state index is 5.69. The number of nitrogens with one attached hydrogen (secondary N) is 1. The van der Waals surface area contributed by atoms with E-state index in [2.05, 4.69) is 43.8 Å². The molecule has 2 aromatic rings. The molecule has 0 aliphatic heterocycles. The molecule has 0 aliphatic carbocycles. The van der Waals surface area contributed by atoms with Gasteiger partial charge in [-0.3, -0.25) is 5.10 Å². The van der Waals surface area contributed by atoms with Crippen molar-refractivity contribution in [3.8, 4) is 0 Å². The van der Waals surface area contributed by atoms with Crippen molar-refractivity contribution in [2.45, 2.75) is 44.8 Å². The highest BCUT2D eigenvalue weighted by Crippen LogP contribution is 2.21. The molecule has 0 bridgehead atoms. The lowest BCUT2D eigenvalue weighted by Crippen LogP contribution is -2.12. The van der Waals surface area contributed by atoms with E-state index in [0.717, 1.165) is 29.2 Å². The zero-order chi connectivity index (χ0) is 13.8. The molecule has 2 heterocycles. The number of nitrogens with zero attached hydrogens (tertiary/aromatic N) is 5. The number of hydrogen-bond donors (Lipinski definition) is 2. The van der Waals surface area contributed by atoms with Crippen molar-refractivity contribution in [2.24, 2.45) is 11.7 Å². The van der Waals surface area contributed by atoms with Gasteiger partial charge in [-0.25, -0.2) is 4.98 Å². The molecule has 0 aliphatic rings. The van der Waals surface area contributed by atoms with Crippen LogP contribution in [0.5, 0.6) is 0 Å². The van der Waals surface area contributed by atoms with Crippen LogP contribution in [-0.2, 0) is 18.8 Å². The summed E-state index contributed by atoms with van der Waals surface area (Å²) in [5.41, 5.74) is 5.69. The quantitative estimate of drug-likeness (QED) is 0.770. The Morgan fingerprint density at radius 1 is 1.37 bits per heavy atom. The highest BCUT2D eigenvalue weighted by molar-refractivity contribution is 7.98. The molecule has 0 aromatic carbocycles. The number of H-pyrrole nitrogens is 1. The summed E-state index contributed by atoms with van der Waals surface area (Å²) >= 11 is 1.58. The Morgan fingerprint density at radius 2 is 2.16 bits per heavy atom. The molecular formula is C11H19N7S. The first-order valence-electron chi connectivity index (χ1n) is 6.23. The van der Waals surface area contributed by atoms with Gasteiger partial charge in [-0.1, -0.05) is 25.6 Å². The van der Waals surface area contributed by atoms with E-state index in [9.17, 15) is 0 Å². The summed E-state index contributed by atoms with van der Waals surface area (Å²) in [7, 11) is 0. The van der Waals surface area contributed by atoms with Crippen molar-refractivity contribution in [3.63, 3.8) is 0 Å². The molecule has 104 valence electrons. The number of aromatic amines is 1. The van der Waals surface area contributed by atoms with Crippen LogP contribution in [0.1, 0.15) is 31.3 Å². The first-order chi connectivity index (χ1) is 9.10. The van der Waals surface area contributed by atoms with Gasteiger partial charge in [-0.15, -0.1) is 10.2 Å². The van der Waals surface area contributed by atoms with Crippen LogP contribution in [0.3, 0.4) is 0 Å². The number of rotatable bonds is 6. The Kier molecular flexibility index (Phi) is 4.54. The van der Waals surface area contributed by atoms with Crippen molar-refractivity contribution in [2.75, 3.05) is 0 Å². The van der Waals surface area contributed by atoms with Crippen molar-refractivity contribution >= 4 is 11.8 Å². The normalized spacial score (nSPS) is 11.4. The van der Waals surface area contributed by atoms with Crippen LogP contribution in [0.25, 0.3) is 0 Å². The number of aryl methyl sites for hydroxylation is 1. The smallest absolute Gasteiger partial charge is 0.191 e. The van der Waals surface area contributed by atoms with Crippen LogP contribution >= 0.6 is 11.8 Å². The van der Waals surface area contributed by atoms with Crippen LogP contribution in [0.15, 0.2) is 5.16 Å². The summed E-state index contributed by atoms with van der Waals surface area (Å²) in [6.45, 7) is 7.48. The average molecular weight is 281 g/mol. The SMILES string of the molecule is Cc1nc(CSc2nnc(CN)n2CC(C)C)n[nH]1. The fraction of sp³-hybridized carbons (Fsp3) is 0.636. The van der Waals surface area contributed by atoms with E-state index < -0.39 is 0 Å². The molecule has 0 saturated heterocycles. The van der Waals surface area contributed by atoms with Crippen LogP contribution in [-0.4, -0.2) is 29.9 Å². The van der Waals surface area contributed by atoms with E-state index in [-0.39, 0.29) is 0 Å². The van der Waals surface area contributed by atoms with E-state index in [4.69, 9.17) is 5.73 Å². The molecule has 2 rings (SSSR count). The van der Waals surface area contributed by atoms with E-state index in [1.807, 2.05) is 6.92 Å². The van der Waals surface area contributed by atoms with Gasteiger partial charge in [-0.2, -0.15) is 5.10 Å². The third kappa shape index (κ3) is 3.54. The lowest BCUT2D eigenvalue weighted by atomic mass is 10.2. The number of nitrogens with two attached hydrogens (primary N) is 1. The Hall–Kier alpha value is -1.41. The summed E-state index contributed by atoms with van der Waals surface area (Å²) in [5, 5.41) is 16.1. The second-order valence-corrected chi connectivity index (χ2v) is 5.68. The molecule has 2 aromatic heterocycles. The minimum absolute atomic E-state index is 0.403. The standard InChI is InChI=1S/C11H19N7S/c1-7(2)5-18-10(4-12)16-17-11(18)19-6-9-13-8(3)14-15-9/h7H,4-6,12H2,1-3H3,(H,13,14,15). The van der Waals surface area contributed by atoms with Crippen LogP contribution in [0, 0.1) is 12.8 Å². The minimum Gasteiger partial charge on any atom is -0.324 e. The zero-order valence-electron chi connectivity index (χ0n) is 11.4. The molecule has 7 nitrogen and oxygen atoms in total. The number of thioether (sulfide) groups is 1. The third-order valence-electron chi connectivity index (χ3n) is 2.50. The lowest BCUT2D eigenvalue weighted by molar-refractivity contribution is 0.480. The molecule has 0 fully saturated rings. The minimum atomic E-state index is 0.403. The number of hydrogen-bond acceptors (Lipinski definition) is 6. The van der Waals surface area contributed by atoms with E-state index in [0.29, 0.717) is 18.2 Å². The largest absolute Gasteiger partial charge is 0.324 e. The summed E-state index contributed by atoms with van der Waals surface area (Å²) in [4.78, 5) is 4.27. The lowest BCUT2D eigenvalue weighted by Gasteiger charge is -2.10. The molecule has 0 amide bonds. The summed E-state index contributed by atoms with van der Waals surface area (Å²) in [5.74, 6) is 3.61. The fourth-order valence-corrected chi connectivity index (χ4v) is 2.53. The highest BCUT2D eigenvalue weighted by Gasteiger charge is 2.13. The van der Waals surface area contributed by atoms with Gasteiger partial charge >= 0.3 is 0 Å². The Balaban J connectivity index is 2.08. The van der Waals surface area contributed by atoms with Crippen LogP contribution in [0.2, 0.25) is 0 Å². The maximum Gasteiger partial charge on any atom is 0.191 e. The average Bonchev–Trinajstić information content (AvgIpc) is 2.93. The molecule has 0 atom stereocenters. The molecule has 3 N–H and O–H groups in total. The van der Waals surface area contributed by atoms with E-state index >= 15 is 0 Å². The summed E-state index contributed by atoms with van der Waals surface area (Å²) in [6, 6.07) is 0. The second kappa shape index (κ2) is 6.16. The van der Waals surface area contributed by atoms with Gasteiger partial charge in [0.25, 0.3) is 0 Å². The van der Waals surface area contributed by atoms with E-state index in [1.54, 1.807) is 11.8 Å². The van der Waals surface area contributed by atoms with Crippen LogP contribution in [0.4, 0.5) is 0 Å². The predicted molar refractivity (Wildman–Crippen MR) is 73.4 cm³/mol. The predicted octanol–water partition coefficient (Wildman–Crippen LogP) is 1.11. The second-order valence-electron chi connectivity index (χ2n) is 4.73. The van der Waals surface area contributed by atoms with Gasteiger partial charge in [0, 0.05) is 6.54 Å². The highest BCUT2D eigenvalue weighted by atomic mass is 32.2. The monoisotopic (exact) mass is 281 g/mol. The van der Waals surface area contributed by atoms with Crippen LogP contribution < -0.4 is 5.73 Å². The molecule has 0 spiro atoms. The van der Waals surface area contributed by atoms with Crippen molar-refractivity contribution < 1.29 is 0 Å². The zero-order valence-corrected chi connectivity index (χ0v) is 12.2. The molecule has 0 radical (unpaired) electrons. The molecular weight excluding hydrogens is 262 g/mol. The third-order valence-corrected chi connectivity index (χ3v) is 3.46. The summed E-state index contributed by atoms with van der Waals surface area (Å²) < 4.78 is 2.08. The molecule has 19 heavy (non-hydrogen) atoms. The molecule has 8 heteroatoms. The maximum absolute atomic E-state index is 5.69. The number of aromatic nitrogens is 6. The van der Waals surface area contributed by atoms with Gasteiger partial charge < -0.3 is 10.3 Å². The van der Waals surface area contributed by atoms with Gasteiger partial charge in [0.05, 0.1) is 12.3 Å². The van der Waals surface area contributed by atoms with Gasteiger partial charge in [-0.05, 0) is 12.8 Å². The van der Waals surface area contributed by atoms with Crippen molar-refractivity contribution in [1.29, 1.82) is 0 Å². The first-order valence-corrected chi connectivity index (χ1v) is 7.21. The first kappa shape index (κ1) is 14.0. The van der Waals surface area contributed by atoms with E-state index in [1.165, 1.54) is 0 Å². The molecule has 0 saturated carbocycles. The molecule has 0 unspecified atom stereocenters. The van der Waals surface area contributed by atoms with Crippen molar-refractivity contribution in [3.05, 3.63) is 17.5 Å². The van der Waals surface area contributed by atoms with Gasteiger partial charge in [0.2, 0.25) is 0 Å². The Labute approximate surface area is 116 Å². The summed E-state index contributed by atoms with van der Waals surface area (Å²) in [6.07, 6.45) is 0. The van der Waals surface area contributed by atoms with Gasteiger partial charge in [0.15, 0.2) is 11.0 Å². The topological polar surface area (TPSA) is 98.3 Å². The fourth-order valence-electron chi connectivity index (χ4n) is 1.71. The van der Waals surface area contributed by atoms with Crippen molar-refractivity contribution in [1.82, 2.24) is 29.9 Å². The van der Waals surface area contributed by atoms with Gasteiger partial charge in [0.1, 0.15) is 11.6 Å².